The summed E-state index contributed by atoms with van der Waals surface area (Å²) >= 11 is 0. The highest BCUT2D eigenvalue weighted by Crippen LogP contribution is 2.28. The number of aryl methyl sites for hydroxylation is 2. The van der Waals surface area contributed by atoms with E-state index in [0.29, 0.717) is 0 Å². The van der Waals surface area contributed by atoms with Crippen LogP contribution in [0.2, 0.25) is 0 Å². The minimum atomic E-state index is 0.989. The van der Waals surface area contributed by atoms with Gasteiger partial charge in [-0.2, -0.15) is 5.10 Å². The van der Waals surface area contributed by atoms with Crippen molar-refractivity contribution in [1.29, 1.82) is 0 Å². The van der Waals surface area contributed by atoms with Gasteiger partial charge in [0.15, 0.2) is 0 Å². The first-order valence-corrected chi connectivity index (χ1v) is 9.56. The molecule has 3 heteroatoms. The average molecular weight is 333 g/mol. The number of likely N-dealkylation sites (tertiary alicyclic amines) is 1. The zero-order chi connectivity index (χ0) is 17.1. The Morgan fingerprint density at radius 3 is 2.52 bits per heavy atom. The molecule has 0 unspecified atom stereocenters. The summed E-state index contributed by atoms with van der Waals surface area (Å²) in [5.74, 6) is 0. The SMILES string of the molecule is Cc1ccc2c(c1)c(-c1ccccc1)nn2CCCN1CCCCC1. The molecule has 3 aromatic rings. The van der Waals surface area contributed by atoms with E-state index in [-0.39, 0.29) is 0 Å². The van der Waals surface area contributed by atoms with Gasteiger partial charge in [-0.25, -0.2) is 0 Å². The van der Waals surface area contributed by atoms with E-state index >= 15 is 0 Å². The summed E-state index contributed by atoms with van der Waals surface area (Å²) in [7, 11) is 0. The molecule has 0 N–H and O–H groups in total. The summed E-state index contributed by atoms with van der Waals surface area (Å²) in [4.78, 5) is 2.61. The molecule has 2 aromatic carbocycles. The van der Waals surface area contributed by atoms with E-state index in [1.54, 1.807) is 0 Å². The Balaban J connectivity index is 1.58. The lowest BCUT2D eigenvalue weighted by Crippen LogP contribution is -2.31. The summed E-state index contributed by atoms with van der Waals surface area (Å²) in [6, 6.07) is 17.2. The Kier molecular flexibility index (Phi) is 4.84. The smallest absolute Gasteiger partial charge is 0.100 e. The predicted molar refractivity (Wildman–Crippen MR) is 105 cm³/mol. The first-order valence-electron chi connectivity index (χ1n) is 9.56. The highest BCUT2D eigenvalue weighted by Gasteiger charge is 2.13. The molecule has 0 atom stereocenters. The first-order chi connectivity index (χ1) is 12.3. The van der Waals surface area contributed by atoms with Crippen molar-refractivity contribution >= 4 is 10.9 Å². The molecule has 0 spiro atoms. The molecule has 0 aliphatic carbocycles. The van der Waals surface area contributed by atoms with Crippen molar-refractivity contribution in [3.8, 4) is 11.3 Å². The van der Waals surface area contributed by atoms with Gasteiger partial charge in [-0.15, -0.1) is 0 Å². The van der Waals surface area contributed by atoms with Crippen molar-refractivity contribution in [2.75, 3.05) is 19.6 Å². The molecule has 0 saturated carbocycles. The van der Waals surface area contributed by atoms with Gasteiger partial charge in [0.05, 0.1) is 5.52 Å². The molecular formula is C22H27N3. The number of hydrogen-bond acceptors (Lipinski definition) is 2. The molecule has 1 aliphatic rings. The molecule has 0 amide bonds. The van der Waals surface area contributed by atoms with E-state index in [4.69, 9.17) is 5.10 Å². The van der Waals surface area contributed by atoms with Crippen molar-refractivity contribution in [2.45, 2.75) is 39.2 Å². The number of nitrogens with zero attached hydrogens (tertiary/aromatic N) is 3. The van der Waals surface area contributed by atoms with Gasteiger partial charge in [-0.05, 0) is 58.0 Å². The van der Waals surface area contributed by atoms with E-state index in [9.17, 15) is 0 Å². The fraction of sp³-hybridized carbons (Fsp3) is 0.409. The second-order valence-corrected chi connectivity index (χ2v) is 7.21. The molecule has 1 aromatic heterocycles. The van der Waals surface area contributed by atoms with Crippen LogP contribution in [0.3, 0.4) is 0 Å². The monoisotopic (exact) mass is 333 g/mol. The number of rotatable bonds is 5. The molecule has 25 heavy (non-hydrogen) atoms. The molecule has 0 radical (unpaired) electrons. The molecule has 1 aliphatic heterocycles. The number of benzene rings is 2. The maximum atomic E-state index is 4.98. The summed E-state index contributed by atoms with van der Waals surface area (Å²) in [6.07, 6.45) is 5.29. The lowest BCUT2D eigenvalue weighted by atomic mass is 10.1. The quantitative estimate of drug-likeness (QED) is 0.663. The van der Waals surface area contributed by atoms with E-state index in [1.165, 1.54) is 67.3 Å². The first kappa shape index (κ1) is 16.3. The summed E-state index contributed by atoms with van der Waals surface area (Å²) < 4.78 is 2.21. The second kappa shape index (κ2) is 7.40. The normalized spacial score (nSPS) is 15.7. The highest BCUT2D eigenvalue weighted by atomic mass is 15.3. The van der Waals surface area contributed by atoms with Crippen LogP contribution in [0.15, 0.2) is 48.5 Å². The fourth-order valence-corrected chi connectivity index (χ4v) is 3.90. The van der Waals surface area contributed by atoms with Gasteiger partial charge in [0.25, 0.3) is 0 Å². The van der Waals surface area contributed by atoms with E-state index in [1.807, 2.05) is 0 Å². The highest BCUT2D eigenvalue weighted by molar-refractivity contribution is 5.93. The minimum Gasteiger partial charge on any atom is -0.303 e. The minimum absolute atomic E-state index is 0.989. The lowest BCUT2D eigenvalue weighted by Gasteiger charge is -2.26. The maximum absolute atomic E-state index is 4.98. The standard InChI is InChI=1S/C22H27N3/c1-18-11-12-21-20(17-18)22(19-9-4-2-5-10-19)23-25(21)16-8-15-24-13-6-3-7-14-24/h2,4-5,9-12,17H,3,6-8,13-16H2,1H3. The molecule has 1 saturated heterocycles. The Bertz CT molecular complexity index is 829. The molecule has 3 nitrogen and oxygen atoms in total. The summed E-state index contributed by atoms with van der Waals surface area (Å²) in [5.41, 5.74) is 4.85. The maximum Gasteiger partial charge on any atom is 0.100 e. The van der Waals surface area contributed by atoms with Crippen LogP contribution in [0.5, 0.6) is 0 Å². The van der Waals surface area contributed by atoms with Gasteiger partial charge in [-0.3, -0.25) is 4.68 Å². The zero-order valence-corrected chi connectivity index (χ0v) is 15.1. The van der Waals surface area contributed by atoms with Crippen molar-refractivity contribution in [1.82, 2.24) is 14.7 Å². The number of aromatic nitrogens is 2. The topological polar surface area (TPSA) is 21.1 Å². The van der Waals surface area contributed by atoms with Crippen molar-refractivity contribution in [3.63, 3.8) is 0 Å². The predicted octanol–water partition coefficient (Wildman–Crippen LogP) is 4.89. The Labute approximate surface area is 150 Å². The number of fused-ring (bicyclic) bond motifs is 1. The Hall–Kier alpha value is -2.13. The van der Waals surface area contributed by atoms with Gasteiger partial charge in [0, 0.05) is 17.5 Å². The third-order valence-corrected chi connectivity index (χ3v) is 5.25. The largest absolute Gasteiger partial charge is 0.303 e. The van der Waals surface area contributed by atoms with E-state index < -0.39 is 0 Å². The Morgan fingerprint density at radius 1 is 0.920 bits per heavy atom. The summed E-state index contributed by atoms with van der Waals surface area (Å²) in [5, 5.41) is 6.25. The van der Waals surface area contributed by atoms with Crippen molar-refractivity contribution in [2.24, 2.45) is 0 Å². The third-order valence-electron chi connectivity index (χ3n) is 5.25. The average Bonchev–Trinajstić information content (AvgIpc) is 3.01. The summed E-state index contributed by atoms with van der Waals surface area (Å²) in [6.45, 7) is 6.88. The van der Waals surface area contributed by atoms with Crippen LogP contribution in [0.25, 0.3) is 22.2 Å². The van der Waals surface area contributed by atoms with Crippen LogP contribution < -0.4 is 0 Å². The van der Waals surface area contributed by atoms with Crippen LogP contribution in [0, 0.1) is 6.92 Å². The van der Waals surface area contributed by atoms with Gasteiger partial charge in [0.2, 0.25) is 0 Å². The van der Waals surface area contributed by atoms with Gasteiger partial charge in [-0.1, -0.05) is 48.4 Å². The molecule has 2 heterocycles. The third kappa shape index (κ3) is 3.62. The zero-order valence-electron chi connectivity index (χ0n) is 15.1. The van der Waals surface area contributed by atoms with Gasteiger partial charge >= 0.3 is 0 Å². The van der Waals surface area contributed by atoms with Gasteiger partial charge in [0.1, 0.15) is 5.69 Å². The number of piperidine rings is 1. The van der Waals surface area contributed by atoms with Gasteiger partial charge < -0.3 is 4.90 Å². The number of hydrogen-bond donors (Lipinski definition) is 0. The van der Waals surface area contributed by atoms with Crippen LogP contribution >= 0.6 is 0 Å². The molecule has 130 valence electrons. The molecular weight excluding hydrogens is 306 g/mol. The second-order valence-electron chi connectivity index (χ2n) is 7.21. The Morgan fingerprint density at radius 2 is 1.72 bits per heavy atom. The molecule has 1 fully saturated rings. The van der Waals surface area contributed by atoms with E-state index in [2.05, 4.69) is 65.0 Å². The van der Waals surface area contributed by atoms with Crippen LogP contribution in [0.1, 0.15) is 31.2 Å². The molecule has 4 rings (SSSR count). The van der Waals surface area contributed by atoms with Crippen molar-refractivity contribution < 1.29 is 0 Å². The molecule has 0 bridgehead atoms. The fourth-order valence-electron chi connectivity index (χ4n) is 3.90. The van der Waals surface area contributed by atoms with Crippen LogP contribution in [-0.4, -0.2) is 34.3 Å². The van der Waals surface area contributed by atoms with E-state index in [0.717, 1.165) is 12.2 Å². The lowest BCUT2D eigenvalue weighted by molar-refractivity contribution is 0.222. The van der Waals surface area contributed by atoms with Crippen LogP contribution in [0.4, 0.5) is 0 Å². The van der Waals surface area contributed by atoms with Crippen molar-refractivity contribution in [3.05, 3.63) is 54.1 Å². The van der Waals surface area contributed by atoms with Crippen LogP contribution in [-0.2, 0) is 6.54 Å².